The highest BCUT2D eigenvalue weighted by Crippen LogP contribution is 2.50. The highest BCUT2D eigenvalue weighted by atomic mass is 19.1. The minimum atomic E-state index is -0.838. The number of benzene rings is 2. The molecule has 5 nitrogen and oxygen atoms in total. The largest absolute Gasteiger partial charge is 0.352 e. The molecule has 6 heteroatoms. The minimum Gasteiger partial charge on any atom is -0.352 e. The molecular weight excluding hydrogens is 395 g/mol. The second-order valence-electron chi connectivity index (χ2n) is 9.37. The van der Waals surface area contributed by atoms with Crippen molar-refractivity contribution in [2.75, 3.05) is 4.90 Å². The molecule has 2 fully saturated rings. The number of amides is 2. The van der Waals surface area contributed by atoms with Crippen molar-refractivity contribution in [2.45, 2.75) is 38.4 Å². The van der Waals surface area contributed by atoms with Gasteiger partial charge in [-0.1, -0.05) is 30.4 Å². The lowest BCUT2D eigenvalue weighted by Gasteiger charge is -2.38. The van der Waals surface area contributed by atoms with Gasteiger partial charge in [0.15, 0.2) is 5.78 Å². The summed E-state index contributed by atoms with van der Waals surface area (Å²) in [7, 11) is 0. The van der Waals surface area contributed by atoms with Crippen molar-refractivity contribution in [1.29, 1.82) is 0 Å². The molecule has 0 radical (unpaired) electrons. The molecule has 3 aliphatic rings. The van der Waals surface area contributed by atoms with E-state index in [0.717, 1.165) is 11.3 Å². The van der Waals surface area contributed by atoms with Crippen LogP contribution in [0.4, 0.5) is 10.1 Å². The summed E-state index contributed by atoms with van der Waals surface area (Å²) in [6.07, 6.45) is 3.88. The molecule has 0 N–H and O–H groups in total. The second kappa shape index (κ2) is 6.61. The van der Waals surface area contributed by atoms with E-state index in [-0.39, 0.29) is 17.6 Å². The van der Waals surface area contributed by atoms with Gasteiger partial charge in [0.1, 0.15) is 11.9 Å². The van der Waals surface area contributed by atoms with Crippen LogP contribution in [0.3, 0.4) is 0 Å². The molecule has 4 atom stereocenters. The van der Waals surface area contributed by atoms with E-state index in [4.69, 9.17) is 0 Å². The molecule has 5 rings (SSSR count). The molecule has 158 valence electrons. The average molecular weight is 418 g/mol. The predicted octanol–water partition coefficient (Wildman–Crippen LogP) is 3.69. The van der Waals surface area contributed by atoms with Crippen molar-refractivity contribution in [3.8, 4) is 0 Å². The summed E-state index contributed by atoms with van der Waals surface area (Å²) in [6.45, 7) is 5.47. The lowest BCUT2D eigenvalue weighted by molar-refractivity contribution is -0.145. The first-order valence-electron chi connectivity index (χ1n) is 10.4. The number of rotatable bonds is 2. The van der Waals surface area contributed by atoms with Gasteiger partial charge in [-0.05, 0) is 56.7 Å². The first-order valence-corrected chi connectivity index (χ1v) is 10.4. The Labute approximate surface area is 180 Å². The molecule has 0 unspecified atom stereocenters. The summed E-state index contributed by atoms with van der Waals surface area (Å²) in [5, 5.41) is 0. The predicted molar refractivity (Wildman–Crippen MR) is 115 cm³/mol. The number of likely N-dealkylation sites (tertiary alicyclic amines) is 1. The van der Waals surface area contributed by atoms with Gasteiger partial charge >= 0.3 is 0 Å². The van der Waals surface area contributed by atoms with Crippen LogP contribution in [0.25, 0.3) is 6.08 Å². The molecule has 0 aromatic heterocycles. The summed E-state index contributed by atoms with van der Waals surface area (Å²) >= 11 is 0. The van der Waals surface area contributed by atoms with Crippen LogP contribution in [-0.2, 0) is 9.59 Å². The van der Waals surface area contributed by atoms with Gasteiger partial charge in [0.25, 0.3) is 0 Å². The standard InChI is InChI=1S/C25H23FN2O3/c1-25(2,3)28-23(30)19-18-13-10-14-6-4-5-7-17(14)27(18)21(20(19)24(28)31)22(29)15-8-11-16(26)12-9-15/h4-13,18-21H,1-3H3/t18-,19-,20-,21+/m0/s1. The molecule has 2 aromatic rings. The van der Waals surface area contributed by atoms with Crippen LogP contribution in [0.15, 0.2) is 54.6 Å². The third-order valence-electron chi connectivity index (χ3n) is 6.48. The summed E-state index contributed by atoms with van der Waals surface area (Å²) < 4.78 is 13.5. The molecule has 2 amide bonds. The Morgan fingerprint density at radius 3 is 2.26 bits per heavy atom. The summed E-state index contributed by atoms with van der Waals surface area (Å²) in [4.78, 5) is 43.9. The van der Waals surface area contributed by atoms with Crippen molar-refractivity contribution in [1.82, 2.24) is 4.90 Å². The van der Waals surface area contributed by atoms with E-state index < -0.39 is 35.3 Å². The number of halogens is 1. The van der Waals surface area contributed by atoms with Crippen LogP contribution >= 0.6 is 0 Å². The Kier molecular flexibility index (Phi) is 4.19. The number of carbonyl (C=O) groups is 3. The Balaban J connectivity index is 1.67. The minimum absolute atomic E-state index is 0.240. The Morgan fingerprint density at radius 2 is 1.58 bits per heavy atom. The zero-order valence-corrected chi connectivity index (χ0v) is 17.6. The number of fused-ring (bicyclic) bond motifs is 5. The van der Waals surface area contributed by atoms with E-state index in [2.05, 4.69) is 0 Å². The first-order chi connectivity index (χ1) is 14.7. The van der Waals surface area contributed by atoms with Gasteiger partial charge in [-0.15, -0.1) is 0 Å². The van der Waals surface area contributed by atoms with E-state index in [0.29, 0.717) is 5.56 Å². The van der Waals surface area contributed by atoms with Crippen LogP contribution in [-0.4, -0.2) is 40.1 Å². The monoisotopic (exact) mass is 418 g/mol. The quantitative estimate of drug-likeness (QED) is 0.551. The molecule has 0 spiro atoms. The fourth-order valence-corrected chi connectivity index (χ4v) is 5.26. The van der Waals surface area contributed by atoms with E-state index >= 15 is 0 Å². The van der Waals surface area contributed by atoms with Crippen molar-refractivity contribution < 1.29 is 18.8 Å². The van der Waals surface area contributed by atoms with E-state index in [1.807, 2.05) is 62.1 Å². The lowest BCUT2D eigenvalue weighted by atomic mass is 9.86. The Morgan fingerprint density at radius 1 is 0.935 bits per heavy atom. The van der Waals surface area contributed by atoms with Crippen LogP contribution in [0.2, 0.25) is 0 Å². The van der Waals surface area contributed by atoms with Gasteiger partial charge in [0.05, 0.1) is 17.9 Å². The highest BCUT2D eigenvalue weighted by Gasteiger charge is 2.65. The first kappa shape index (κ1) is 19.7. The van der Waals surface area contributed by atoms with Crippen molar-refractivity contribution >= 4 is 29.4 Å². The Bertz CT molecular complexity index is 1130. The number of para-hydroxylation sites is 1. The SMILES string of the molecule is CC(C)(C)N1C(=O)[C@@H]2[C@H](C1=O)[C@H](C(=O)c1ccc(F)cc1)N1c3ccccc3C=C[C@@H]21. The number of hydrogen-bond acceptors (Lipinski definition) is 4. The molecule has 0 bridgehead atoms. The zero-order chi connectivity index (χ0) is 22.1. The highest BCUT2D eigenvalue weighted by molar-refractivity contribution is 6.14. The second-order valence-corrected chi connectivity index (χ2v) is 9.37. The number of hydrogen-bond donors (Lipinski definition) is 0. The smallest absolute Gasteiger partial charge is 0.236 e. The van der Waals surface area contributed by atoms with Gasteiger partial charge in [-0.2, -0.15) is 0 Å². The molecule has 3 heterocycles. The third-order valence-corrected chi connectivity index (χ3v) is 6.48. The average Bonchev–Trinajstić information content (AvgIpc) is 3.21. The fourth-order valence-electron chi connectivity index (χ4n) is 5.26. The zero-order valence-electron chi connectivity index (χ0n) is 17.6. The fraction of sp³-hybridized carbons (Fsp3) is 0.320. The molecule has 2 saturated heterocycles. The maximum atomic E-state index is 13.7. The Hall–Kier alpha value is -3.28. The van der Waals surface area contributed by atoms with Gasteiger partial charge in [-0.25, -0.2) is 4.39 Å². The topological polar surface area (TPSA) is 57.7 Å². The summed E-state index contributed by atoms with van der Waals surface area (Å²) in [5.74, 6) is -2.69. The van der Waals surface area contributed by atoms with Gasteiger partial charge < -0.3 is 4.90 Å². The van der Waals surface area contributed by atoms with E-state index in [1.165, 1.54) is 29.2 Å². The van der Waals surface area contributed by atoms with Crippen LogP contribution in [0, 0.1) is 17.7 Å². The van der Waals surface area contributed by atoms with Crippen LogP contribution < -0.4 is 4.90 Å². The number of carbonyl (C=O) groups excluding carboxylic acids is 3. The molecule has 0 aliphatic carbocycles. The van der Waals surface area contributed by atoms with Gasteiger partial charge in [0.2, 0.25) is 11.8 Å². The van der Waals surface area contributed by atoms with Crippen LogP contribution in [0.1, 0.15) is 36.7 Å². The van der Waals surface area contributed by atoms with Crippen LogP contribution in [0.5, 0.6) is 0 Å². The van der Waals surface area contributed by atoms with E-state index in [9.17, 15) is 18.8 Å². The third kappa shape index (κ3) is 2.77. The number of anilines is 1. The van der Waals surface area contributed by atoms with Gasteiger partial charge in [0, 0.05) is 16.8 Å². The van der Waals surface area contributed by atoms with Crippen molar-refractivity contribution in [2.24, 2.45) is 11.8 Å². The lowest BCUT2D eigenvalue weighted by Crippen LogP contribution is -2.52. The molecule has 0 saturated carbocycles. The normalized spacial score (nSPS) is 26.7. The number of ketones is 1. The van der Waals surface area contributed by atoms with E-state index in [1.54, 1.807) is 0 Å². The summed E-state index contributed by atoms with van der Waals surface area (Å²) in [5.41, 5.74) is 1.41. The maximum Gasteiger partial charge on any atom is 0.236 e. The maximum absolute atomic E-state index is 13.7. The van der Waals surface area contributed by atoms with Crippen molar-refractivity contribution in [3.63, 3.8) is 0 Å². The molecule has 2 aromatic carbocycles. The number of Topliss-reactive ketones (excluding diaryl/α,β-unsaturated/α-hetero) is 1. The van der Waals surface area contributed by atoms with Crippen molar-refractivity contribution in [3.05, 3.63) is 71.6 Å². The molecule has 31 heavy (non-hydrogen) atoms. The molecule has 3 aliphatic heterocycles. The summed E-state index contributed by atoms with van der Waals surface area (Å²) in [6, 6.07) is 11.8. The number of nitrogens with zero attached hydrogens (tertiary/aromatic N) is 2. The number of imide groups is 1. The molecular formula is C25H23FN2O3. The van der Waals surface area contributed by atoms with Gasteiger partial charge in [-0.3, -0.25) is 19.3 Å².